The Bertz CT molecular complexity index is 1370. The molecule has 0 fully saturated rings. The van der Waals surface area contributed by atoms with Gasteiger partial charge in [-0.2, -0.15) is 5.26 Å². The molecule has 6 nitrogen and oxygen atoms in total. The SMILES string of the molecule is C#CCN1C(=O)[C@@]2(C(C#N)=C(N)N(c3ccc(CC)cc3)C3=C2C(=O)CCC3)c2ccccc21. The van der Waals surface area contributed by atoms with Gasteiger partial charge in [0.1, 0.15) is 17.3 Å². The van der Waals surface area contributed by atoms with Crippen molar-refractivity contribution in [2.45, 2.75) is 38.0 Å². The maximum absolute atomic E-state index is 14.2. The van der Waals surface area contributed by atoms with Gasteiger partial charge in [0.2, 0.25) is 5.91 Å². The fraction of sp³-hybridized carbons (Fsp3) is 0.250. The highest BCUT2D eigenvalue weighted by molar-refractivity contribution is 6.20. The van der Waals surface area contributed by atoms with E-state index in [0.717, 1.165) is 12.1 Å². The van der Waals surface area contributed by atoms with E-state index in [1.807, 2.05) is 36.4 Å². The van der Waals surface area contributed by atoms with Crippen molar-refractivity contribution in [3.05, 3.63) is 82.3 Å². The molecule has 1 atom stereocenters. The second kappa shape index (κ2) is 7.93. The normalized spacial score (nSPS) is 21.5. The lowest BCUT2D eigenvalue weighted by atomic mass is 9.64. The van der Waals surface area contributed by atoms with Crippen LogP contribution >= 0.6 is 0 Å². The lowest BCUT2D eigenvalue weighted by Gasteiger charge is -2.43. The number of Topliss-reactive ketones (excluding diaryl/α,β-unsaturated/α-hetero) is 1. The molecule has 168 valence electrons. The molecule has 34 heavy (non-hydrogen) atoms. The van der Waals surface area contributed by atoms with Gasteiger partial charge in [0.15, 0.2) is 5.78 Å². The number of anilines is 2. The molecule has 3 aliphatic rings. The molecule has 6 heteroatoms. The lowest BCUT2D eigenvalue weighted by molar-refractivity contribution is -0.124. The number of carbonyl (C=O) groups excluding carboxylic acids is 2. The van der Waals surface area contributed by atoms with Gasteiger partial charge in [-0.3, -0.25) is 19.4 Å². The summed E-state index contributed by atoms with van der Waals surface area (Å²) < 4.78 is 0. The fourth-order valence-electron chi connectivity index (χ4n) is 5.55. The van der Waals surface area contributed by atoms with Crippen LogP contribution in [0.4, 0.5) is 11.4 Å². The van der Waals surface area contributed by atoms with Crippen LogP contribution in [0, 0.1) is 23.7 Å². The maximum Gasteiger partial charge on any atom is 0.248 e. The van der Waals surface area contributed by atoms with E-state index >= 15 is 0 Å². The average molecular weight is 449 g/mol. The molecule has 1 spiro atoms. The number of rotatable bonds is 3. The Morgan fingerprint density at radius 2 is 1.85 bits per heavy atom. The van der Waals surface area contributed by atoms with Crippen LogP contribution in [0.3, 0.4) is 0 Å². The number of aryl methyl sites for hydroxylation is 1. The van der Waals surface area contributed by atoms with Gasteiger partial charge in [-0.05, 0) is 43.0 Å². The van der Waals surface area contributed by atoms with Crippen LogP contribution in [0.15, 0.2) is 71.2 Å². The Balaban J connectivity index is 1.85. The van der Waals surface area contributed by atoms with Crippen molar-refractivity contribution in [3.63, 3.8) is 0 Å². The first-order valence-electron chi connectivity index (χ1n) is 11.4. The minimum absolute atomic E-state index is 0.0369. The summed E-state index contributed by atoms with van der Waals surface area (Å²) in [5.74, 6) is 2.18. The zero-order valence-corrected chi connectivity index (χ0v) is 19.0. The molecule has 1 aliphatic carbocycles. The van der Waals surface area contributed by atoms with Gasteiger partial charge in [-0.15, -0.1) is 6.42 Å². The molecule has 0 unspecified atom stereocenters. The molecule has 2 aromatic rings. The number of benzene rings is 2. The zero-order valence-electron chi connectivity index (χ0n) is 19.0. The first-order chi connectivity index (χ1) is 16.5. The quantitative estimate of drug-likeness (QED) is 0.724. The predicted octanol–water partition coefficient (Wildman–Crippen LogP) is 3.69. The molecule has 1 amide bonds. The van der Waals surface area contributed by atoms with Gasteiger partial charge in [0.25, 0.3) is 0 Å². The van der Waals surface area contributed by atoms with Crippen molar-refractivity contribution < 1.29 is 9.59 Å². The third-order valence-corrected chi connectivity index (χ3v) is 7.03. The molecule has 2 aliphatic heterocycles. The Kier molecular flexibility index (Phi) is 5.03. The van der Waals surface area contributed by atoms with Gasteiger partial charge in [0.05, 0.1) is 12.1 Å². The molecule has 0 aromatic heterocycles. The van der Waals surface area contributed by atoms with E-state index in [0.29, 0.717) is 41.8 Å². The first-order valence-corrected chi connectivity index (χ1v) is 11.4. The average Bonchev–Trinajstić information content (AvgIpc) is 3.09. The fourth-order valence-corrected chi connectivity index (χ4v) is 5.55. The number of nitrogens with zero attached hydrogens (tertiary/aromatic N) is 3. The monoisotopic (exact) mass is 448 g/mol. The van der Waals surface area contributed by atoms with Crippen molar-refractivity contribution in [1.82, 2.24) is 0 Å². The van der Waals surface area contributed by atoms with Crippen molar-refractivity contribution in [1.29, 1.82) is 5.26 Å². The van der Waals surface area contributed by atoms with Crippen molar-refractivity contribution in [3.8, 4) is 18.4 Å². The van der Waals surface area contributed by atoms with Crippen molar-refractivity contribution >= 4 is 23.1 Å². The molecule has 5 rings (SSSR count). The third kappa shape index (κ3) is 2.69. The van der Waals surface area contributed by atoms with E-state index in [1.165, 1.54) is 10.5 Å². The summed E-state index contributed by atoms with van der Waals surface area (Å²) in [5, 5.41) is 10.4. The lowest BCUT2D eigenvalue weighted by Crippen LogP contribution is -2.52. The van der Waals surface area contributed by atoms with Crippen LogP contribution < -0.4 is 15.5 Å². The van der Waals surface area contributed by atoms with Gasteiger partial charge in [-0.25, -0.2) is 0 Å². The van der Waals surface area contributed by atoms with Crippen LogP contribution in [0.25, 0.3) is 0 Å². The largest absolute Gasteiger partial charge is 0.384 e. The van der Waals surface area contributed by atoms with E-state index in [1.54, 1.807) is 17.0 Å². The Labute approximate surface area is 199 Å². The molecule has 0 bridgehead atoms. The smallest absolute Gasteiger partial charge is 0.248 e. The van der Waals surface area contributed by atoms with Crippen molar-refractivity contribution in [2.24, 2.45) is 5.73 Å². The number of allylic oxidation sites excluding steroid dienone is 1. The van der Waals surface area contributed by atoms with Gasteiger partial charge < -0.3 is 5.73 Å². The molecule has 0 radical (unpaired) electrons. The van der Waals surface area contributed by atoms with Gasteiger partial charge in [0, 0.05) is 34.6 Å². The molecule has 2 heterocycles. The summed E-state index contributed by atoms with van der Waals surface area (Å²) in [6.07, 6.45) is 8.01. The van der Waals surface area contributed by atoms with Crippen LogP contribution in [0.2, 0.25) is 0 Å². The number of para-hydroxylation sites is 1. The summed E-state index contributed by atoms with van der Waals surface area (Å²) in [7, 11) is 0. The number of terminal acetylenes is 1. The topological polar surface area (TPSA) is 90.4 Å². The number of hydrogen-bond donors (Lipinski definition) is 1. The van der Waals surface area contributed by atoms with Crippen molar-refractivity contribution in [2.75, 3.05) is 16.3 Å². The number of ketones is 1. The van der Waals surface area contributed by atoms with E-state index in [-0.39, 0.29) is 23.7 Å². The Morgan fingerprint density at radius 1 is 1.12 bits per heavy atom. The summed E-state index contributed by atoms with van der Waals surface area (Å²) >= 11 is 0. The second-order valence-electron chi connectivity index (χ2n) is 8.69. The Hall–Kier alpha value is -4.29. The summed E-state index contributed by atoms with van der Waals surface area (Å²) in [6.45, 7) is 2.11. The standard InChI is InChI=1S/C28H24N4O2/c1-3-16-31-22-9-6-5-8-20(22)28(27(31)34)21(17-29)26(30)32(19-14-12-18(4-2)13-15-19)23-10-7-11-24(33)25(23)28/h1,5-6,8-9,12-15H,4,7,10-11,16,30H2,2H3/t28-/m1/s1. The van der Waals surface area contributed by atoms with Gasteiger partial charge in [-0.1, -0.05) is 43.2 Å². The highest BCUT2D eigenvalue weighted by Crippen LogP contribution is 2.56. The minimum Gasteiger partial charge on any atom is -0.384 e. The van der Waals surface area contributed by atoms with Gasteiger partial charge >= 0.3 is 0 Å². The van der Waals surface area contributed by atoms with Crippen LogP contribution in [0.5, 0.6) is 0 Å². The van der Waals surface area contributed by atoms with Crippen LogP contribution in [-0.4, -0.2) is 18.2 Å². The number of nitrogens with two attached hydrogens (primary N) is 1. The number of fused-ring (bicyclic) bond motifs is 3. The maximum atomic E-state index is 14.2. The van der Waals surface area contributed by atoms with E-state index in [2.05, 4.69) is 18.9 Å². The number of nitriles is 1. The first kappa shape index (κ1) is 21.6. The van der Waals surface area contributed by atoms with E-state index < -0.39 is 11.3 Å². The highest BCUT2D eigenvalue weighted by Gasteiger charge is 2.62. The van der Waals surface area contributed by atoms with Crippen LogP contribution in [0.1, 0.15) is 37.3 Å². The van der Waals surface area contributed by atoms with E-state index in [4.69, 9.17) is 12.2 Å². The zero-order chi connectivity index (χ0) is 24.0. The molecule has 0 saturated heterocycles. The van der Waals surface area contributed by atoms with Crippen LogP contribution in [-0.2, 0) is 21.4 Å². The minimum atomic E-state index is -1.58. The summed E-state index contributed by atoms with van der Waals surface area (Å²) in [5.41, 5.74) is 9.34. The third-order valence-electron chi connectivity index (χ3n) is 7.03. The number of carbonyl (C=O) groups is 2. The molecule has 2 N–H and O–H groups in total. The molecular weight excluding hydrogens is 424 g/mol. The molecular formula is C28H24N4O2. The Morgan fingerprint density at radius 3 is 2.53 bits per heavy atom. The highest BCUT2D eigenvalue weighted by atomic mass is 16.2. The summed E-state index contributed by atoms with van der Waals surface area (Å²) in [6, 6.07) is 17.3. The van der Waals surface area contributed by atoms with E-state index in [9.17, 15) is 14.9 Å². The number of hydrogen-bond acceptors (Lipinski definition) is 5. The second-order valence-corrected chi connectivity index (χ2v) is 8.69. The molecule has 2 aromatic carbocycles. The summed E-state index contributed by atoms with van der Waals surface area (Å²) in [4.78, 5) is 31.0. The number of amides is 1. The predicted molar refractivity (Wildman–Crippen MR) is 130 cm³/mol. The molecule has 0 saturated carbocycles.